The lowest BCUT2D eigenvalue weighted by Crippen LogP contribution is -2.29. The maximum atomic E-state index is 12.9. The molecule has 2 aromatic carbocycles. The molecule has 0 saturated heterocycles. The molecular formula is C16H15ClFNO. The van der Waals surface area contributed by atoms with Crippen molar-refractivity contribution in [1.82, 2.24) is 4.90 Å². The van der Waals surface area contributed by atoms with Gasteiger partial charge in [0.25, 0.3) is 5.91 Å². The Morgan fingerprint density at radius 2 is 1.65 bits per heavy atom. The molecule has 2 nitrogen and oxygen atoms in total. The number of rotatable bonds is 3. The van der Waals surface area contributed by atoms with Crippen LogP contribution in [0.3, 0.4) is 0 Å². The molecule has 0 radical (unpaired) electrons. The quantitative estimate of drug-likeness (QED) is 0.825. The van der Waals surface area contributed by atoms with E-state index < -0.39 is 0 Å². The molecule has 0 aromatic heterocycles. The average molecular weight is 292 g/mol. The number of carbonyl (C=O) groups is 1. The molecule has 2 aromatic rings. The van der Waals surface area contributed by atoms with E-state index in [0.29, 0.717) is 10.6 Å². The third kappa shape index (κ3) is 3.17. The summed E-state index contributed by atoms with van der Waals surface area (Å²) in [6.45, 7) is 1.90. The third-order valence-corrected chi connectivity index (χ3v) is 3.60. The highest BCUT2D eigenvalue weighted by Crippen LogP contribution is 2.21. The summed E-state index contributed by atoms with van der Waals surface area (Å²) in [5.74, 6) is -0.383. The first kappa shape index (κ1) is 14.5. The van der Waals surface area contributed by atoms with Crippen LogP contribution in [0.1, 0.15) is 28.9 Å². The Bertz CT molecular complexity index is 595. The lowest BCUT2D eigenvalue weighted by molar-refractivity contribution is 0.0742. The van der Waals surface area contributed by atoms with Crippen molar-refractivity contribution in [2.45, 2.75) is 13.0 Å². The number of benzene rings is 2. The molecule has 1 unspecified atom stereocenters. The Balaban J connectivity index is 2.17. The van der Waals surface area contributed by atoms with Crippen molar-refractivity contribution in [3.8, 4) is 0 Å². The second-order valence-electron chi connectivity index (χ2n) is 4.65. The van der Waals surface area contributed by atoms with Crippen LogP contribution in [0.5, 0.6) is 0 Å². The van der Waals surface area contributed by atoms with Gasteiger partial charge in [-0.05, 0) is 48.9 Å². The Morgan fingerprint density at radius 1 is 1.10 bits per heavy atom. The third-order valence-electron chi connectivity index (χ3n) is 3.34. The smallest absolute Gasteiger partial charge is 0.254 e. The van der Waals surface area contributed by atoms with E-state index in [9.17, 15) is 9.18 Å². The Morgan fingerprint density at radius 3 is 2.20 bits per heavy atom. The minimum absolute atomic E-state index is 0.0986. The molecule has 0 spiro atoms. The number of hydrogen-bond donors (Lipinski definition) is 0. The zero-order valence-corrected chi connectivity index (χ0v) is 12.1. The molecule has 1 atom stereocenters. The monoisotopic (exact) mass is 291 g/mol. The van der Waals surface area contributed by atoms with E-state index in [1.807, 2.05) is 6.92 Å². The number of halogens is 2. The van der Waals surface area contributed by atoms with E-state index in [4.69, 9.17) is 11.6 Å². The molecule has 0 saturated carbocycles. The van der Waals surface area contributed by atoms with Crippen molar-refractivity contribution in [1.29, 1.82) is 0 Å². The molecule has 104 valence electrons. The van der Waals surface area contributed by atoms with Gasteiger partial charge in [0.05, 0.1) is 6.04 Å². The lowest BCUT2D eigenvalue weighted by atomic mass is 10.1. The van der Waals surface area contributed by atoms with Gasteiger partial charge < -0.3 is 4.90 Å². The molecule has 0 fully saturated rings. The van der Waals surface area contributed by atoms with Crippen molar-refractivity contribution in [3.63, 3.8) is 0 Å². The second-order valence-corrected chi connectivity index (χ2v) is 5.09. The Kier molecular flexibility index (Phi) is 4.40. The maximum absolute atomic E-state index is 12.9. The summed E-state index contributed by atoms with van der Waals surface area (Å²) in [6, 6.07) is 12.8. The van der Waals surface area contributed by atoms with E-state index >= 15 is 0 Å². The van der Waals surface area contributed by atoms with Gasteiger partial charge in [-0.15, -0.1) is 0 Å². The molecule has 20 heavy (non-hydrogen) atoms. The summed E-state index contributed by atoms with van der Waals surface area (Å²) >= 11 is 5.81. The summed E-state index contributed by atoms with van der Waals surface area (Å²) < 4.78 is 12.9. The summed E-state index contributed by atoms with van der Waals surface area (Å²) in [5, 5.41) is 0.593. The van der Waals surface area contributed by atoms with Gasteiger partial charge in [-0.1, -0.05) is 23.7 Å². The van der Waals surface area contributed by atoms with Crippen molar-refractivity contribution in [3.05, 3.63) is 70.5 Å². The van der Waals surface area contributed by atoms with Gasteiger partial charge in [-0.3, -0.25) is 4.79 Å². The number of amides is 1. The number of carbonyl (C=O) groups excluding carboxylic acids is 1. The van der Waals surface area contributed by atoms with E-state index in [-0.39, 0.29) is 17.8 Å². The average Bonchev–Trinajstić information content (AvgIpc) is 2.46. The summed E-state index contributed by atoms with van der Waals surface area (Å²) in [4.78, 5) is 14.0. The molecule has 0 aliphatic carbocycles. The fraction of sp³-hybridized carbons (Fsp3) is 0.188. The standard InChI is InChI=1S/C16H15ClFNO/c1-11(12-5-9-15(18)10-6-12)19(2)16(20)13-3-7-14(17)8-4-13/h3-11H,1-2H3. The van der Waals surface area contributed by atoms with E-state index in [1.165, 1.54) is 12.1 Å². The Hall–Kier alpha value is -1.87. The zero-order chi connectivity index (χ0) is 14.7. The first-order chi connectivity index (χ1) is 9.49. The lowest BCUT2D eigenvalue weighted by Gasteiger charge is -2.25. The zero-order valence-electron chi connectivity index (χ0n) is 11.3. The molecule has 0 aliphatic heterocycles. The van der Waals surface area contributed by atoms with E-state index in [2.05, 4.69) is 0 Å². The molecule has 0 N–H and O–H groups in total. The van der Waals surface area contributed by atoms with Crippen LogP contribution in [0.2, 0.25) is 5.02 Å². The van der Waals surface area contributed by atoms with Crippen LogP contribution >= 0.6 is 11.6 Å². The van der Waals surface area contributed by atoms with Gasteiger partial charge in [0.1, 0.15) is 5.82 Å². The molecule has 0 heterocycles. The van der Waals surface area contributed by atoms with Gasteiger partial charge in [0.2, 0.25) is 0 Å². The van der Waals surface area contributed by atoms with Crippen LogP contribution in [0.25, 0.3) is 0 Å². The van der Waals surface area contributed by atoms with Crippen LogP contribution in [0.15, 0.2) is 48.5 Å². The van der Waals surface area contributed by atoms with Crippen molar-refractivity contribution in [2.75, 3.05) is 7.05 Å². The van der Waals surface area contributed by atoms with Gasteiger partial charge in [-0.2, -0.15) is 0 Å². The molecule has 2 rings (SSSR count). The van der Waals surface area contributed by atoms with E-state index in [1.54, 1.807) is 48.3 Å². The topological polar surface area (TPSA) is 20.3 Å². The highest BCUT2D eigenvalue weighted by atomic mass is 35.5. The van der Waals surface area contributed by atoms with Gasteiger partial charge in [-0.25, -0.2) is 4.39 Å². The van der Waals surface area contributed by atoms with Crippen LogP contribution in [-0.2, 0) is 0 Å². The molecule has 0 aliphatic rings. The predicted octanol–water partition coefficient (Wildman–Crippen LogP) is 4.31. The van der Waals surface area contributed by atoms with Crippen LogP contribution < -0.4 is 0 Å². The van der Waals surface area contributed by atoms with Gasteiger partial charge >= 0.3 is 0 Å². The summed E-state index contributed by atoms with van der Waals surface area (Å²) in [7, 11) is 1.73. The fourth-order valence-electron chi connectivity index (χ4n) is 1.94. The molecular weight excluding hydrogens is 277 g/mol. The first-order valence-electron chi connectivity index (χ1n) is 6.27. The van der Waals surface area contributed by atoms with Crippen LogP contribution in [0.4, 0.5) is 4.39 Å². The first-order valence-corrected chi connectivity index (χ1v) is 6.65. The minimum Gasteiger partial charge on any atom is -0.335 e. The summed E-state index contributed by atoms with van der Waals surface area (Å²) in [5.41, 5.74) is 1.46. The molecule has 4 heteroatoms. The fourth-order valence-corrected chi connectivity index (χ4v) is 2.06. The highest BCUT2D eigenvalue weighted by Gasteiger charge is 2.18. The van der Waals surface area contributed by atoms with Gasteiger partial charge in [0, 0.05) is 17.6 Å². The van der Waals surface area contributed by atoms with Crippen LogP contribution in [-0.4, -0.2) is 17.9 Å². The normalized spacial score (nSPS) is 12.0. The van der Waals surface area contributed by atoms with Crippen molar-refractivity contribution < 1.29 is 9.18 Å². The number of nitrogens with zero attached hydrogens (tertiary/aromatic N) is 1. The second kappa shape index (κ2) is 6.06. The molecule has 1 amide bonds. The van der Waals surface area contributed by atoms with Gasteiger partial charge in [0.15, 0.2) is 0 Å². The minimum atomic E-state index is -0.285. The largest absolute Gasteiger partial charge is 0.335 e. The SMILES string of the molecule is CC(c1ccc(F)cc1)N(C)C(=O)c1ccc(Cl)cc1. The molecule has 0 bridgehead atoms. The Labute approximate surface area is 122 Å². The van der Waals surface area contributed by atoms with Crippen LogP contribution in [0, 0.1) is 5.82 Å². The predicted molar refractivity (Wildman–Crippen MR) is 78.4 cm³/mol. The maximum Gasteiger partial charge on any atom is 0.254 e. The van der Waals surface area contributed by atoms with E-state index in [0.717, 1.165) is 5.56 Å². The van der Waals surface area contributed by atoms with Crippen molar-refractivity contribution in [2.24, 2.45) is 0 Å². The number of hydrogen-bond acceptors (Lipinski definition) is 1. The highest BCUT2D eigenvalue weighted by molar-refractivity contribution is 6.30. The van der Waals surface area contributed by atoms with Crippen molar-refractivity contribution >= 4 is 17.5 Å². The summed E-state index contributed by atoms with van der Waals surface area (Å²) in [6.07, 6.45) is 0.